The first-order valence-electron chi connectivity index (χ1n) is 9.74. The molecule has 5 rings (SSSR count). The predicted molar refractivity (Wildman–Crippen MR) is 96.3 cm³/mol. The maximum absolute atomic E-state index is 13.7. The van der Waals surface area contributed by atoms with E-state index < -0.39 is 58.7 Å². The fraction of sp³-hybridized carbons (Fsp3) is 0.500. The number of carbonyl (C=O) groups is 1. The van der Waals surface area contributed by atoms with Crippen LogP contribution in [0.1, 0.15) is 29.7 Å². The summed E-state index contributed by atoms with van der Waals surface area (Å²) in [5.41, 5.74) is -5.00. The van der Waals surface area contributed by atoms with Crippen LogP contribution in [0.15, 0.2) is 30.5 Å². The van der Waals surface area contributed by atoms with E-state index >= 15 is 0 Å². The number of ether oxygens (including phenoxy) is 1. The first-order chi connectivity index (χ1) is 14.8. The highest BCUT2D eigenvalue weighted by atomic mass is 19.4. The van der Waals surface area contributed by atoms with Crippen molar-refractivity contribution in [2.24, 2.45) is 12.5 Å². The number of aliphatic hydroxyl groups excluding tert-OH is 1. The number of anilines is 1. The Hall–Kier alpha value is -2.60. The van der Waals surface area contributed by atoms with Gasteiger partial charge in [-0.25, -0.2) is 0 Å². The summed E-state index contributed by atoms with van der Waals surface area (Å²) in [5, 5.41) is 16.4. The zero-order chi connectivity index (χ0) is 23.3. The Bertz CT molecular complexity index is 1100. The van der Waals surface area contributed by atoms with Crippen molar-refractivity contribution in [3.05, 3.63) is 47.3 Å². The number of halogens is 6. The zero-order valence-electron chi connectivity index (χ0n) is 16.5. The number of aliphatic hydroxyl groups is 1. The molecule has 0 spiro atoms. The third-order valence-corrected chi connectivity index (χ3v) is 6.83. The molecule has 172 valence electrons. The van der Waals surface area contributed by atoms with Crippen LogP contribution in [0.25, 0.3) is 0 Å². The summed E-state index contributed by atoms with van der Waals surface area (Å²) in [5.74, 6) is -0.659. The van der Waals surface area contributed by atoms with Crippen molar-refractivity contribution >= 4 is 11.6 Å². The molecule has 32 heavy (non-hydrogen) atoms. The van der Waals surface area contributed by atoms with Crippen LogP contribution in [0.2, 0.25) is 0 Å². The minimum atomic E-state index is -4.78. The van der Waals surface area contributed by atoms with Crippen LogP contribution in [0.3, 0.4) is 0 Å². The molecule has 3 fully saturated rings. The van der Waals surface area contributed by atoms with Gasteiger partial charge in [0.15, 0.2) is 5.69 Å². The standard InChI is InChI=1S/C20H17F6N3O3/c1-29-7-11(14(28-29)20(24,25)26)17-8-18(17,13-6-12(30)15(17)32-13)16(31)27-10-4-2-9(3-5-10)19(21,22)23/h2-5,7,12-13,15,30H,6,8H2,1H3,(H,27,31)/t12-,13+,15-,17+,18+/m0/s1. The Morgan fingerprint density at radius 3 is 2.44 bits per heavy atom. The van der Waals surface area contributed by atoms with E-state index in [0.29, 0.717) is 0 Å². The van der Waals surface area contributed by atoms with Crippen LogP contribution in [0.4, 0.5) is 32.0 Å². The Labute approximate surface area is 177 Å². The number of nitrogens with one attached hydrogen (secondary N) is 1. The number of alkyl halides is 6. The van der Waals surface area contributed by atoms with Gasteiger partial charge in [-0.3, -0.25) is 9.48 Å². The second-order valence-electron chi connectivity index (χ2n) is 8.56. The summed E-state index contributed by atoms with van der Waals surface area (Å²) < 4.78 is 86.1. The molecule has 2 aromatic rings. The van der Waals surface area contributed by atoms with Gasteiger partial charge in [0.05, 0.1) is 29.3 Å². The van der Waals surface area contributed by atoms with Gasteiger partial charge in [0.2, 0.25) is 5.91 Å². The normalized spacial score (nSPS) is 33.3. The summed E-state index contributed by atoms with van der Waals surface area (Å²) in [7, 11) is 1.33. The third-order valence-electron chi connectivity index (χ3n) is 6.83. The summed E-state index contributed by atoms with van der Waals surface area (Å²) >= 11 is 0. The van der Waals surface area contributed by atoms with Gasteiger partial charge in [0.25, 0.3) is 0 Å². The number of hydrogen-bond donors (Lipinski definition) is 2. The number of aryl methyl sites for hydroxylation is 1. The third kappa shape index (κ3) is 2.68. The first kappa shape index (κ1) is 21.3. The van der Waals surface area contributed by atoms with E-state index in [2.05, 4.69) is 10.4 Å². The van der Waals surface area contributed by atoms with Crippen LogP contribution in [0.5, 0.6) is 0 Å². The Morgan fingerprint density at radius 2 is 1.84 bits per heavy atom. The van der Waals surface area contributed by atoms with Gasteiger partial charge in [-0.1, -0.05) is 0 Å². The second-order valence-corrected chi connectivity index (χ2v) is 8.56. The quantitative estimate of drug-likeness (QED) is 0.689. The number of amides is 1. The summed E-state index contributed by atoms with van der Waals surface area (Å²) in [6, 6.07) is 3.76. The van der Waals surface area contributed by atoms with Crippen molar-refractivity contribution in [1.82, 2.24) is 9.78 Å². The van der Waals surface area contributed by atoms with Crippen LogP contribution in [-0.2, 0) is 34.3 Å². The van der Waals surface area contributed by atoms with Crippen molar-refractivity contribution in [1.29, 1.82) is 0 Å². The lowest BCUT2D eigenvalue weighted by molar-refractivity contribution is -0.143. The number of fused-ring (bicyclic) bond motifs is 5. The molecule has 1 saturated carbocycles. The number of benzene rings is 1. The van der Waals surface area contributed by atoms with E-state index in [4.69, 9.17) is 4.74 Å². The van der Waals surface area contributed by atoms with Crippen LogP contribution in [0, 0.1) is 5.41 Å². The number of rotatable bonds is 3. The van der Waals surface area contributed by atoms with Crippen LogP contribution >= 0.6 is 0 Å². The Kier molecular flexibility index (Phi) is 4.15. The second kappa shape index (κ2) is 6.25. The van der Waals surface area contributed by atoms with E-state index in [0.717, 1.165) is 28.9 Å². The van der Waals surface area contributed by atoms with E-state index in [-0.39, 0.29) is 24.1 Å². The highest BCUT2D eigenvalue weighted by Crippen LogP contribution is 2.78. The van der Waals surface area contributed by atoms with Crippen molar-refractivity contribution in [3.63, 3.8) is 0 Å². The minimum absolute atomic E-state index is 0.00757. The summed E-state index contributed by atoms with van der Waals surface area (Å²) in [6.45, 7) is 0. The molecule has 2 aliphatic heterocycles. The SMILES string of the molecule is Cn1cc([C@@]23C[C@]2(C(=O)Nc2ccc(C(F)(F)F)cc2)[C@H]2C[C@H](O)[C@@H]3O2)c(C(F)(F)F)n1. The van der Waals surface area contributed by atoms with E-state index in [1.165, 1.54) is 13.2 Å². The first-order valence-corrected chi connectivity index (χ1v) is 9.74. The fourth-order valence-electron chi connectivity index (χ4n) is 5.51. The van der Waals surface area contributed by atoms with Crippen LogP contribution in [-0.4, -0.2) is 39.1 Å². The van der Waals surface area contributed by atoms with Crippen molar-refractivity contribution in [2.75, 3.05) is 5.32 Å². The van der Waals surface area contributed by atoms with Gasteiger partial charge < -0.3 is 15.2 Å². The Morgan fingerprint density at radius 1 is 1.19 bits per heavy atom. The van der Waals surface area contributed by atoms with Crippen molar-refractivity contribution in [3.8, 4) is 0 Å². The van der Waals surface area contributed by atoms with E-state index in [1.807, 2.05) is 0 Å². The largest absolute Gasteiger partial charge is 0.435 e. The number of aromatic nitrogens is 2. The molecule has 5 atom stereocenters. The number of nitrogens with zero attached hydrogens (tertiary/aromatic N) is 2. The van der Waals surface area contributed by atoms with Gasteiger partial charge in [-0.2, -0.15) is 31.4 Å². The van der Waals surface area contributed by atoms with E-state index in [9.17, 15) is 36.2 Å². The molecule has 1 aromatic carbocycles. The highest BCUT2D eigenvalue weighted by Gasteiger charge is 2.88. The Balaban J connectivity index is 1.51. The van der Waals surface area contributed by atoms with Crippen molar-refractivity contribution < 1.29 is 41.0 Å². The number of carbonyl (C=O) groups excluding carboxylic acids is 1. The van der Waals surface area contributed by atoms with Gasteiger partial charge in [-0.15, -0.1) is 0 Å². The van der Waals surface area contributed by atoms with Gasteiger partial charge in [-0.05, 0) is 30.7 Å². The maximum atomic E-state index is 13.7. The average Bonchev–Trinajstić information content (AvgIpc) is 2.91. The summed E-state index contributed by atoms with van der Waals surface area (Å²) in [6.07, 6.45) is -10.9. The van der Waals surface area contributed by atoms with Gasteiger partial charge in [0.1, 0.15) is 0 Å². The van der Waals surface area contributed by atoms with E-state index in [1.54, 1.807) is 0 Å². The average molecular weight is 461 g/mol. The molecule has 0 radical (unpaired) electrons. The zero-order valence-corrected chi connectivity index (χ0v) is 16.5. The lowest BCUT2D eigenvalue weighted by Crippen LogP contribution is -2.45. The molecular weight excluding hydrogens is 444 g/mol. The topological polar surface area (TPSA) is 76.4 Å². The van der Waals surface area contributed by atoms with Gasteiger partial charge >= 0.3 is 12.4 Å². The molecule has 2 N–H and O–H groups in total. The lowest BCUT2D eigenvalue weighted by atomic mass is 9.73. The molecule has 0 unspecified atom stereocenters. The fourth-order valence-corrected chi connectivity index (χ4v) is 5.51. The molecule has 12 heteroatoms. The molecular formula is C20H17F6N3O3. The van der Waals surface area contributed by atoms with Crippen molar-refractivity contribution in [2.45, 2.75) is 48.9 Å². The molecule has 6 nitrogen and oxygen atoms in total. The molecule has 3 heterocycles. The smallest absolute Gasteiger partial charge is 0.390 e. The molecule has 1 aromatic heterocycles. The maximum Gasteiger partial charge on any atom is 0.435 e. The van der Waals surface area contributed by atoms with Gasteiger partial charge in [0, 0.05) is 36.3 Å². The lowest BCUT2D eigenvalue weighted by Gasteiger charge is -2.29. The summed E-state index contributed by atoms with van der Waals surface area (Å²) in [4.78, 5) is 13.3. The molecule has 2 bridgehead atoms. The minimum Gasteiger partial charge on any atom is -0.390 e. The molecule has 1 aliphatic carbocycles. The molecule has 1 amide bonds. The monoisotopic (exact) mass is 461 g/mol. The predicted octanol–water partition coefficient (Wildman–Crippen LogP) is 3.26. The molecule has 3 aliphatic rings. The number of hydrogen-bond acceptors (Lipinski definition) is 4. The molecule has 2 saturated heterocycles. The van der Waals surface area contributed by atoms with Crippen LogP contribution < -0.4 is 5.32 Å². The highest BCUT2D eigenvalue weighted by molar-refractivity contribution is 6.01.